The first kappa shape index (κ1) is 15.4. The van der Waals surface area contributed by atoms with E-state index in [1.807, 2.05) is 38.1 Å². The number of benzene rings is 1. The summed E-state index contributed by atoms with van der Waals surface area (Å²) >= 11 is 0. The van der Waals surface area contributed by atoms with Crippen molar-refractivity contribution in [3.63, 3.8) is 0 Å². The van der Waals surface area contributed by atoms with E-state index in [1.165, 1.54) is 0 Å². The number of hydrogen-bond donors (Lipinski definition) is 2. The van der Waals surface area contributed by atoms with Crippen LogP contribution in [-0.2, 0) is 11.2 Å². The van der Waals surface area contributed by atoms with Crippen molar-refractivity contribution < 1.29 is 4.79 Å². The van der Waals surface area contributed by atoms with E-state index < -0.39 is 6.04 Å². The fourth-order valence-electron chi connectivity index (χ4n) is 2.32. The predicted octanol–water partition coefficient (Wildman–Crippen LogP) is 2.27. The van der Waals surface area contributed by atoms with Gasteiger partial charge in [0.25, 0.3) is 0 Å². The summed E-state index contributed by atoms with van der Waals surface area (Å²) in [5.41, 5.74) is 8.06. The SMILES string of the molecule is CC[C@H](C)[C@H](N)C(=O)NCCc1cccc2cccnc12. The van der Waals surface area contributed by atoms with Crippen molar-refractivity contribution in [1.82, 2.24) is 10.3 Å². The topological polar surface area (TPSA) is 68.0 Å². The summed E-state index contributed by atoms with van der Waals surface area (Å²) in [6.07, 6.45) is 3.46. The number of fused-ring (bicyclic) bond motifs is 1. The van der Waals surface area contributed by atoms with Crippen LogP contribution < -0.4 is 11.1 Å². The van der Waals surface area contributed by atoms with Crippen LogP contribution in [0.15, 0.2) is 36.5 Å². The number of nitrogens with zero attached hydrogens (tertiary/aromatic N) is 1. The van der Waals surface area contributed by atoms with Gasteiger partial charge >= 0.3 is 0 Å². The molecule has 0 aliphatic carbocycles. The zero-order valence-corrected chi connectivity index (χ0v) is 12.7. The second kappa shape index (κ2) is 7.18. The van der Waals surface area contributed by atoms with E-state index >= 15 is 0 Å². The van der Waals surface area contributed by atoms with Crippen LogP contribution in [0.3, 0.4) is 0 Å². The van der Waals surface area contributed by atoms with Crippen LogP contribution >= 0.6 is 0 Å². The first-order valence-electron chi connectivity index (χ1n) is 7.49. The summed E-state index contributed by atoms with van der Waals surface area (Å²) in [6.45, 7) is 4.62. The van der Waals surface area contributed by atoms with Crippen molar-refractivity contribution in [2.24, 2.45) is 11.7 Å². The minimum atomic E-state index is -0.430. The van der Waals surface area contributed by atoms with Crippen LogP contribution in [0.5, 0.6) is 0 Å². The van der Waals surface area contributed by atoms with Gasteiger partial charge in [0, 0.05) is 18.1 Å². The molecule has 1 aromatic carbocycles. The quantitative estimate of drug-likeness (QED) is 0.855. The van der Waals surface area contributed by atoms with E-state index in [1.54, 1.807) is 6.20 Å². The summed E-state index contributed by atoms with van der Waals surface area (Å²) in [7, 11) is 0. The number of carbonyl (C=O) groups is 1. The summed E-state index contributed by atoms with van der Waals surface area (Å²) in [4.78, 5) is 16.4. The highest BCUT2D eigenvalue weighted by Gasteiger charge is 2.18. The predicted molar refractivity (Wildman–Crippen MR) is 85.9 cm³/mol. The number of amides is 1. The molecule has 0 saturated heterocycles. The molecule has 1 amide bonds. The standard InChI is InChI=1S/C17H23N3O/c1-3-12(2)15(18)17(21)20-11-9-14-7-4-6-13-8-5-10-19-16(13)14/h4-8,10,12,15H,3,9,11,18H2,1-2H3,(H,20,21)/t12-,15-/m0/s1. The average Bonchev–Trinajstić information content (AvgIpc) is 2.53. The molecule has 3 N–H and O–H groups in total. The average molecular weight is 285 g/mol. The van der Waals surface area contributed by atoms with Gasteiger partial charge in [0.05, 0.1) is 11.6 Å². The van der Waals surface area contributed by atoms with Gasteiger partial charge < -0.3 is 11.1 Å². The Bertz CT molecular complexity index is 607. The molecule has 2 rings (SSSR count). The third-order valence-electron chi connectivity index (χ3n) is 3.97. The lowest BCUT2D eigenvalue weighted by Gasteiger charge is -2.17. The van der Waals surface area contributed by atoms with Crippen molar-refractivity contribution in [2.45, 2.75) is 32.7 Å². The maximum absolute atomic E-state index is 11.9. The molecule has 0 radical (unpaired) electrons. The van der Waals surface area contributed by atoms with Crippen molar-refractivity contribution in [3.05, 3.63) is 42.1 Å². The number of para-hydroxylation sites is 1. The Balaban J connectivity index is 1.95. The highest BCUT2D eigenvalue weighted by molar-refractivity contribution is 5.83. The lowest BCUT2D eigenvalue weighted by atomic mass is 9.99. The number of hydrogen-bond acceptors (Lipinski definition) is 3. The molecular formula is C17H23N3O. The monoisotopic (exact) mass is 285 g/mol. The Labute approximate surface area is 125 Å². The zero-order valence-electron chi connectivity index (χ0n) is 12.7. The van der Waals surface area contributed by atoms with Crippen LogP contribution in [0.1, 0.15) is 25.8 Å². The van der Waals surface area contributed by atoms with E-state index in [2.05, 4.69) is 16.4 Å². The molecule has 112 valence electrons. The molecule has 1 heterocycles. The number of aromatic nitrogens is 1. The summed E-state index contributed by atoms with van der Waals surface area (Å²) in [5.74, 6) is 0.127. The zero-order chi connectivity index (χ0) is 15.2. The fourth-order valence-corrected chi connectivity index (χ4v) is 2.32. The van der Waals surface area contributed by atoms with Gasteiger partial charge in [0.1, 0.15) is 0 Å². The molecule has 0 unspecified atom stereocenters. The number of pyridine rings is 1. The Morgan fingerprint density at radius 3 is 2.86 bits per heavy atom. The van der Waals surface area contributed by atoms with Crippen LogP contribution in [0.25, 0.3) is 10.9 Å². The van der Waals surface area contributed by atoms with Gasteiger partial charge in [-0.1, -0.05) is 44.5 Å². The Morgan fingerprint density at radius 1 is 1.33 bits per heavy atom. The van der Waals surface area contributed by atoms with E-state index in [-0.39, 0.29) is 11.8 Å². The summed E-state index contributed by atoms with van der Waals surface area (Å²) in [5, 5.41) is 4.04. The maximum atomic E-state index is 11.9. The van der Waals surface area contributed by atoms with Gasteiger partial charge in [-0.3, -0.25) is 9.78 Å². The number of rotatable bonds is 6. The summed E-state index contributed by atoms with van der Waals surface area (Å²) in [6, 6.07) is 9.66. The number of nitrogens with one attached hydrogen (secondary N) is 1. The minimum Gasteiger partial charge on any atom is -0.354 e. The molecule has 4 heteroatoms. The van der Waals surface area contributed by atoms with Crippen molar-refractivity contribution >= 4 is 16.8 Å². The second-order valence-electron chi connectivity index (χ2n) is 5.44. The molecule has 4 nitrogen and oxygen atoms in total. The van der Waals surface area contributed by atoms with E-state index in [0.717, 1.165) is 29.3 Å². The second-order valence-corrected chi connectivity index (χ2v) is 5.44. The molecule has 21 heavy (non-hydrogen) atoms. The van der Waals surface area contributed by atoms with Gasteiger partial charge in [-0.2, -0.15) is 0 Å². The van der Waals surface area contributed by atoms with Crippen LogP contribution in [0.4, 0.5) is 0 Å². The molecule has 0 spiro atoms. The Hall–Kier alpha value is -1.94. The molecule has 0 aliphatic heterocycles. The van der Waals surface area contributed by atoms with Crippen molar-refractivity contribution in [2.75, 3.05) is 6.54 Å². The van der Waals surface area contributed by atoms with Gasteiger partial charge in [-0.05, 0) is 24.0 Å². The Kier molecular flexibility index (Phi) is 5.28. The molecule has 0 bridgehead atoms. The molecule has 0 saturated carbocycles. The molecule has 1 aromatic heterocycles. The number of carbonyl (C=O) groups excluding carboxylic acids is 1. The van der Waals surface area contributed by atoms with Crippen molar-refractivity contribution in [1.29, 1.82) is 0 Å². The van der Waals surface area contributed by atoms with Crippen LogP contribution in [0.2, 0.25) is 0 Å². The van der Waals surface area contributed by atoms with Gasteiger partial charge in [-0.25, -0.2) is 0 Å². The Morgan fingerprint density at radius 2 is 2.10 bits per heavy atom. The smallest absolute Gasteiger partial charge is 0.237 e. The van der Waals surface area contributed by atoms with Crippen LogP contribution in [-0.4, -0.2) is 23.5 Å². The van der Waals surface area contributed by atoms with Gasteiger partial charge in [0.2, 0.25) is 5.91 Å². The highest BCUT2D eigenvalue weighted by atomic mass is 16.2. The maximum Gasteiger partial charge on any atom is 0.237 e. The van der Waals surface area contributed by atoms with Gasteiger partial charge in [0.15, 0.2) is 0 Å². The lowest BCUT2D eigenvalue weighted by Crippen LogP contribution is -2.45. The minimum absolute atomic E-state index is 0.0717. The first-order chi connectivity index (χ1) is 10.1. The van der Waals surface area contributed by atoms with Crippen molar-refractivity contribution in [3.8, 4) is 0 Å². The van der Waals surface area contributed by atoms with E-state index in [4.69, 9.17) is 5.73 Å². The highest BCUT2D eigenvalue weighted by Crippen LogP contribution is 2.16. The third kappa shape index (κ3) is 3.79. The third-order valence-corrected chi connectivity index (χ3v) is 3.97. The lowest BCUT2D eigenvalue weighted by molar-refractivity contribution is -0.123. The molecule has 2 aromatic rings. The summed E-state index contributed by atoms with van der Waals surface area (Å²) < 4.78 is 0. The number of nitrogens with two attached hydrogens (primary N) is 1. The molecular weight excluding hydrogens is 262 g/mol. The van der Waals surface area contributed by atoms with E-state index in [0.29, 0.717) is 6.54 Å². The fraction of sp³-hybridized carbons (Fsp3) is 0.412. The molecule has 0 aliphatic rings. The van der Waals surface area contributed by atoms with Gasteiger partial charge in [-0.15, -0.1) is 0 Å². The molecule has 0 fully saturated rings. The first-order valence-corrected chi connectivity index (χ1v) is 7.49. The molecule has 2 atom stereocenters. The van der Waals surface area contributed by atoms with Crippen LogP contribution in [0, 0.1) is 5.92 Å². The van der Waals surface area contributed by atoms with E-state index in [9.17, 15) is 4.79 Å². The normalized spacial score (nSPS) is 13.9. The largest absolute Gasteiger partial charge is 0.354 e.